The van der Waals surface area contributed by atoms with Crippen LogP contribution in [0, 0.1) is 6.92 Å². The van der Waals surface area contributed by atoms with E-state index in [-0.39, 0.29) is 12.0 Å². The topological polar surface area (TPSA) is 70.7 Å². The number of fused-ring (bicyclic) bond motifs is 1. The van der Waals surface area contributed by atoms with Crippen molar-refractivity contribution < 1.29 is 14.3 Å². The van der Waals surface area contributed by atoms with Gasteiger partial charge in [0, 0.05) is 23.7 Å². The van der Waals surface area contributed by atoms with Crippen LogP contribution in [0.4, 0.5) is 15.5 Å². The predicted molar refractivity (Wildman–Crippen MR) is 109 cm³/mol. The largest absolute Gasteiger partial charge is 0.462 e. The molecule has 0 spiro atoms. The number of amides is 2. The lowest BCUT2D eigenvalue weighted by molar-refractivity contribution is 0.0526. The average Bonchev–Trinajstić information content (AvgIpc) is 3.00. The van der Waals surface area contributed by atoms with Gasteiger partial charge in [-0.3, -0.25) is 10.2 Å². The molecule has 0 aliphatic carbocycles. The van der Waals surface area contributed by atoms with Crippen LogP contribution < -0.4 is 10.6 Å². The standard InChI is InChI=1S/C20H25N3O3S/c1-4-23-11-10-15-16(12-23)27-18(17(15)19(24)26-5-2)22-20(25)21-14-8-6-13(3)7-9-14/h6-9H,4-5,10-12H2,1-3H3,(H2,21,22,25). The Morgan fingerprint density at radius 1 is 1.19 bits per heavy atom. The van der Waals surface area contributed by atoms with Crippen molar-refractivity contribution in [1.82, 2.24) is 4.90 Å². The smallest absolute Gasteiger partial charge is 0.341 e. The van der Waals surface area contributed by atoms with Gasteiger partial charge < -0.3 is 10.1 Å². The van der Waals surface area contributed by atoms with Gasteiger partial charge in [0.1, 0.15) is 5.00 Å². The molecule has 2 aromatic rings. The van der Waals surface area contributed by atoms with Crippen LogP contribution in [0.25, 0.3) is 0 Å². The van der Waals surface area contributed by atoms with Crippen molar-refractivity contribution in [3.8, 4) is 0 Å². The summed E-state index contributed by atoms with van der Waals surface area (Å²) in [6.45, 7) is 8.87. The number of nitrogens with one attached hydrogen (secondary N) is 2. The van der Waals surface area contributed by atoms with E-state index < -0.39 is 0 Å². The number of urea groups is 1. The number of benzene rings is 1. The molecule has 1 aliphatic rings. The summed E-state index contributed by atoms with van der Waals surface area (Å²) in [6, 6.07) is 7.20. The van der Waals surface area contributed by atoms with E-state index in [0.717, 1.165) is 42.1 Å². The van der Waals surface area contributed by atoms with Crippen LogP contribution >= 0.6 is 11.3 Å². The molecule has 1 aliphatic heterocycles. The SMILES string of the molecule is CCOC(=O)c1c(NC(=O)Nc2ccc(C)cc2)sc2c1CCN(CC)C2. The van der Waals surface area contributed by atoms with Crippen molar-refractivity contribution in [1.29, 1.82) is 0 Å². The number of hydrogen-bond donors (Lipinski definition) is 2. The van der Waals surface area contributed by atoms with Gasteiger partial charge in [0.25, 0.3) is 0 Å². The van der Waals surface area contributed by atoms with E-state index in [1.807, 2.05) is 31.2 Å². The third-order valence-electron chi connectivity index (χ3n) is 4.60. The summed E-state index contributed by atoms with van der Waals surface area (Å²) in [5.41, 5.74) is 3.34. The van der Waals surface area contributed by atoms with Crippen molar-refractivity contribution >= 4 is 34.0 Å². The van der Waals surface area contributed by atoms with E-state index in [9.17, 15) is 9.59 Å². The van der Waals surface area contributed by atoms with Gasteiger partial charge in [-0.15, -0.1) is 11.3 Å². The molecule has 0 saturated heterocycles. The van der Waals surface area contributed by atoms with E-state index in [0.29, 0.717) is 22.9 Å². The third-order valence-corrected chi connectivity index (χ3v) is 5.73. The lowest BCUT2D eigenvalue weighted by atomic mass is 10.0. The number of thiophene rings is 1. The van der Waals surface area contributed by atoms with Gasteiger partial charge in [-0.1, -0.05) is 24.6 Å². The summed E-state index contributed by atoms with van der Waals surface area (Å²) in [7, 11) is 0. The molecule has 144 valence electrons. The summed E-state index contributed by atoms with van der Waals surface area (Å²) >= 11 is 1.46. The Bertz CT molecular complexity index is 830. The highest BCUT2D eigenvalue weighted by Gasteiger charge is 2.29. The zero-order valence-corrected chi connectivity index (χ0v) is 16.7. The number of nitrogens with zero attached hydrogens (tertiary/aromatic N) is 1. The molecule has 0 saturated carbocycles. The van der Waals surface area contributed by atoms with Crippen LogP contribution in [0.15, 0.2) is 24.3 Å². The first-order valence-corrected chi connectivity index (χ1v) is 10.0. The number of carbonyl (C=O) groups is 2. The summed E-state index contributed by atoms with van der Waals surface area (Å²) in [6.07, 6.45) is 0.787. The highest BCUT2D eigenvalue weighted by Crippen LogP contribution is 2.37. The quantitative estimate of drug-likeness (QED) is 0.752. The fourth-order valence-corrected chi connectivity index (χ4v) is 4.41. The minimum absolute atomic E-state index is 0.305. The lowest BCUT2D eigenvalue weighted by Gasteiger charge is -2.25. The van der Waals surface area contributed by atoms with Gasteiger partial charge in [0.15, 0.2) is 0 Å². The minimum Gasteiger partial charge on any atom is -0.462 e. The number of rotatable bonds is 5. The Hall–Kier alpha value is -2.38. The minimum atomic E-state index is -0.370. The van der Waals surface area contributed by atoms with Crippen LogP contribution in [-0.2, 0) is 17.7 Å². The first-order chi connectivity index (χ1) is 13.0. The molecular formula is C20H25N3O3S. The highest BCUT2D eigenvalue weighted by molar-refractivity contribution is 7.17. The van der Waals surface area contributed by atoms with Crippen LogP contribution in [0.1, 0.15) is 40.2 Å². The van der Waals surface area contributed by atoms with Gasteiger partial charge in [-0.2, -0.15) is 0 Å². The predicted octanol–water partition coefficient (Wildman–Crippen LogP) is 4.26. The molecular weight excluding hydrogens is 362 g/mol. The number of esters is 1. The summed E-state index contributed by atoms with van der Waals surface area (Å²) < 4.78 is 5.24. The Morgan fingerprint density at radius 2 is 1.93 bits per heavy atom. The normalized spacial score (nSPS) is 13.7. The van der Waals surface area contributed by atoms with Crippen LogP contribution in [0.3, 0.4) is 0 Å². The Labute approximate surface area is 163 Å². The number of ether oxygens (including phenoxy) is 1. The van der Waals surface area contributed by atoms with Crippen LogP contribution in [-0.4, -0.2) is 36.6 Å². The molecule has 1 aromatic heterocycles. The Kier molecular flexibility index (Phi) is 6.13. The van der Waals surface area contributed by atoms with Gasteiger partial charge in [-0.05, 0) is 44.5 Å². The zero-order valence-electron chi connectivity index (χ0n) is 15.9. The van der Waals surface area contributed by atoms with E-state index in [4.69, 9.17) is 4.74 Å². The molecule has 0 unspecified atom stereocenters. The molecule has 0 radical (unpaired) electrons. The van der Waals surface area contributed by atoms with Crippen molar-refractivity contribution in [3.63, 3.8) is 0 Å². The maximum Gasteiger partial charge on any atom is 0.341 e. The Balaban J connectivity index is 1.82. The molecule has 0 bridgehead atoms. The number of carbonyl (C=O) groups excluding carboxylic acids is 2. The molecule has 0 fully saturated rings. The monoisotopic (exact) mass is 387 g/mol. The molecule has 3 rings (SSSR count). The second-order valence-electron chi connectivity index (χ2n) is 6.49. The van der Waals surface area contributed by atoms with E-state index in [2.05, 4.69) is 22.5 Å². The number of aryl methyl sites for hydroxylation is 1. The first-order valence-electron chi connectivity index (χ1n) is 9.20. The van der Waals surface area contributed by atoms with Gasteiger partial charge in [0.05, 0.1) is 12.2 Å². The summed E-state index contributed by atoms with van der Waals surface area (Å²) in [5.74, 6) is -0.370. The number of anilines is 2. The van der Waals surface area contributed by atoms with Crippen molar-refractivity contribution in [2.75, 3.05) is 30.3 Å². The van der Waals surface area contributed by atoms with Crippen molar-refractivity contribution in [2.45, 2.75) is 33.7 Å². The molecule has 7 heteroatoms. The summed E-state index contributed by atoms with van der Waals surface area (Å²) in [5, 5.41) is 6.22. The molecule has 6 nitrogen and oxygen atoms in total. The maximum absolute atomic E-state index is 12.5. The molecule has 27 heavy (non-hydrogen) atoms. The van der Waals surface area contributed by atoms with Gasteiger partial charge in [-0.25, -0.2) is 9.59 Å². The molecule has 2 N–H and O–H groups in total. The molecule has 2 amide bonds. The van der Waals surface area contributed by atoms with E-state index in [1.165, 1.54) is 11.3 Å². The van der Waals surface area contributed by atoms with E-state index in [1.54, 1.807) is 6.92 Å². The fraction of sp³-hybridized carbons (Fsp3) is 0.400. The van der Waals surface area contributed by atoms with Gasteiger partial charge in [0.2, 0.25) is 0 Å². The number of hydrogen-bond acceptors (Lipinski definition) is 5. The van der Waals surface area contributed by atoms with Crippen LogP contribution in [0.5, 0.6) is 0 Å². The Morgan fingerprint density at radius 3 is 2.59 bits per heavy atom. The highest BCUT2D eigenvalue weighted by atomic mass is 32.1. The van der Waals surface area contributed by atoms with Crippen molar-refractivity contribution in [3.05, 3.63) is 45.8 Å². The molecule has 0 atom stereocenters. The lowest BCUT2D eigenvalue weighted by Crippen LogP contribution is -2.30. The molecule has 1 aromatic carbocycles. The number of likely N-dealkylation sites (N-methyl/N-ethyl adjacent to an activating group) is 1. The first kappa shape index (κ1) is 19.4. The second kappa shape index (κ2) is 8.54. The van der Waals surface area contributed by atoms with Gasteiger partial charge >= 0.3 is 12.0 Å². The van der Waals surface area contributed by atoms with E-state index >= 15 is 0 Å². The second-order valence-corrected chi connectivity index (χ2v) is 7.60. The third kappa shape index (κ3) is 4.48. The fourth-order valence-electron chi connectivity index (χ4n) is 3.14. The maximum atomic E-state index is 12.5. The average molecular weight is 388 g/mol. The van der Waals surface area contributed by atoms with Crippen molar-refractivity contribution in [2.24, 2.45) is 0 Å². The molecule has 2 heterocycles. The summed E-state index contributed by atoms with van der Waals surface area (Å²) in [4.78, 5) is 28.4. The zero-order chi connectivity index (χ0) is 19.4. The van der Waals surface area contributed by atoms with Crippen LogP contribution in [0.2, 0.25) is 0 Å².